The van der Waals surface area contributed by atoms with Gasteiger partial charge in [0.2, 0.25) is 15.9 Å². The minimum absolute atomic E-state index is 0.274. The van der Waals surface area contributed by atoms with Gasteiger partial charge in [-0.05, 0) is 23.1 Å². The average molecular weight is 386 g/mol. The van der Waals surface area contributed by atoms with Crippen molar-refractivity contribution >= 4 is 21.9 Å². The fourth-order valence-corrected chi connectivity index (χ4v) is 3.10. The monoisotopic (exact) mass is 386 g/mol. The Bertz CT molecular complexity index is 738. The van der Waals surface area contributed by atoms with Crippen molar-refractivity contribution in [3.05, 3.63) is 29.8 Å². The first-order valence-corrected chi connectivity index (χ1v) is 9.84. The highest BCUT2D eigenvalue weighted by Crippen LogP contribution is 2.22. The van der Waals surface area contributed by atoms with Crippen LogP contribution in [0.15, 0.2) is 24.3 Å². The Kier molecular flexibility index (Phi) is 7.16. The molecule has 26 heavy (non-hydrogen) atoms. The molecule has 2 N–H and O–H groups in total. The third-order valence-electron chi connectivity index (χ3n) is 3.53. The maximum absolute atomic E-state index is 12.7. The maximum Gasteiger partial charge on any atom is 0.341 e. The summed E-state index contributed by atoms with van der Waals surface area (Å²) < 4.78 is 30.6. The Morgan fingerprint density at radius 1 is 1.23 bits per heavy atom. The van der Waals surface area contributed by atoms with Crippen LogP contribution in [0.2, 0.25) is 0 Å². The lowest BCUT2D eigenvalue weighted by Gasteiger charge is -2.33. The van der Waals surface area contributed by atoms with Crippen LogP contribution in [0.1, 0.15) is 26.3 Å². The van der Waals surface area contributed by atoms with Gasteiger partial charge >= 0.3 is 5.97 Å². The molecule has 1 rings (SSSR count). The zero-order valence-electron chi connectivity index (χ0n) is 15.6. The molecule has 0 saturated heterocycles. The molecule has 146 valence electrons. The van der Waals surface area contributed by atoms with Crippen LogP contribution in [0.3, 0.4) is 0 Å². The van der Waals surface area contributed by atoms with Gasteiger partial charge < -0.3 is 14.7 Å². The van der Waals surface area contributed by atoms with Crippen molar-refractivity contribution in [2.75, 3.05) is 19.9 Å². The molecular formula is C17H26N2O6S. The summed E-state index contributed by atoms with van der Waals surface area (Å²) in [6.45, 7) is 5.21. The molecule has 8 nitrogen and oxygen atoms in total. The number of aliphatic carboxylic acids is 1. The molecule has 0 aliphatic rings. The Hall–Kier alpha value is -2.13. The molecule has 0 spiro atoms. The SMILES string of the molecule is CN(Cc1ccc(OCC(=O)O)cc1)C(=O)C(NS(C)(=O)=O)C(C)(C)C. The maximum atomic E-state index is 12.7. The van der Waals surface area contributed by atoms with Crippen LogP contribution in [0.5, 0.6) is 5.75 Å². The first-order chi connectivity index (χ1) is 11.8. The summed E-state index contributed by atoms with van der Waals surface area (Å²) in [6.07, 6.45) is 1.02. The Balaban J connectivity index is 2.82. The molecular weight excluding hydrogens is 360 g/mol. The van der Waals surface area contributed by atoms with E-state index in [0.29, 0.717) is 5.75 Å². The molecule has 0 fully saturated rings. The molecule has 0 bridgehead atoms. The number of hydrogen-bond donors (Lipinski definition) is 2. The van der Waals surface area contributed by atoms with Gasteiger partial charge in [-0.3, -0.25) is 4.79 Å². The number of hydrogen-bond acceptors (Lipinski definition) is 5. The van der Waals surface area contributed by atoms with E-state index in [4.69, 9.17) is 9.84 Å². The molecule has 0 saturated carbocycles. The number of carboxylic acids is 1. The van der Waals surface area contributed by atoms with Crippen molar-refractivity contribution < 1.29 is 27.9 Å². The van der Waals surface area contributed by atoms with Crippen molar-refractivity contribution in [3.8, 4) is 5.75 Å². The second-order valence-corrected chi connectivity index (χ2v) is 8.99. The zero-order chi connectivity index (χ0) is 20.1. The number of carbonyl (C=O) groups is 2. The van der Waals surface area contributed by atoms with Gasteiger partial charge in [0.1, 0.15) is 11.8 Å². The Morgan fingerprint density at radius 2 is 1.77 bits per heavy atom. The van der Waals surface area contributed by atoms with E-state index in [0.717, 1.165) is 11.8 Å². The van der Waals surface area contributed by atoms with Crippen molar-refractivity contribution in [1.82, 2.24) is 9.62 Å². The van der Waals surface area contributed by atoms with E-state index in [1.807, 2.05) is 0 Å². The lowest BCUT2D eigenvalue weighted by molar-refractivity contribution is -0.139. The van der Waals surface area contributed by atoms with Crippen LogP contribution in [0.25, 0.3) is 0 Å². The molecule has 0 aromatic heterocycles. The Labute approximate surface area is 154 Å². The largest absolute Gasteiger partial charge is 0.482 e. The average Bonchev–Trinajstić information content (AvgIpc) is 2.49. The third-order valence-corrected chi connectivity index (χ3v) is 4.19. The predicted molar refractivity (Wildman–Crippen MR) is 97.3 cm³/mol. The number of ether oxygens (including phenoxy) is 1. The molecule has 9 heteroatoms. The second kappa shape index (κ2) is 8.50. The number of likely N-dealkylation sites (N-methyl/N-ethyl adjacent to an activating group) is 1. The smallest absolute Gasteiger partial charge is 0.341 e. The topological polar surface area (TPSA) is 113 Å². The van der Waals surface area contributed by atoms with Crippen molar-refractivity contribution in [2.45, 2.75) is 33.4 Å². The molecule has 1 unspecified atom stereocenters. The molecule has 0 aliphatic carbocycles. The number of benzene rings is 1. The lowest BCUT2D eigenvalue weighted by atomic mass is 9.86. The van der Waals surface area contributed by atoms with E-state index in [9.17, 15) is 18.0 Å². The first kappa shape index (κ1) is 21.9. The van der Waals surface area contributed by atoms with Crippen LogP contribution >= 0.6 is 0 Å². The van der Waals surface area contributed by atoms with Gasteiger partial charge in [-0.1, -0.05) is 32.9 Å². The number of nitrogens with zero attached hydrogens (tertiary/aromatic N) is 1. The number of amides is 1. The summed E-state index contributed by atoms with van der Waals surface area (Å²) in [5, 5.41) is 8.59. The minimum Gasteiger partial charge on any atom is -0.482 e. The van der Waals surface area contributed by atoms with Crippen LogP contribution < -0.4 is 9.46 Å². The fourth-order valence-electron chi connectivity index (χ4n) is 2.22. The second-order valence-electron chi connectivity index (χ2n) is 7.21. The molecule has 0 radical (unpaired) electrons. The van der Waals surface area contributed by atoms with Crippen molar-refractivity contribution in [2.24, 2.45) is 5.41 Å². The van der Waals surface area contributed by atoms with E-state index >= 15 is 0 Å². The lowest BCUT2D eigenvalue weighted by Crippen LogP contribution is -2.53. The zero-order valence-corrected chi connectivity index (χ0v) is 16.5. The molecule has 1 amide bonds. The van der Waals surface area contributed by atoms with Gasteiger partial charge in [0.15, 0.2) is 6.61 Å². The number of nitrogens with one attached hydrogen (secondary N) is 1. The van der Waals surface area contributed by atoms with Crippen molar-refractivity contribution in [1.29, 1.82) is 0 Å². The molecule has 1 aromatic carbocycles. The van der Waals surface area contributed by atoms with Gasteiger partial charge in [-0.2, -0.15) is 0 Å². The quantitative estimate of drug-likeness (QED) is 0.691. The highest BCUT2D eigenvalue weighted by atomic mass is 32.2. The highest BCUT2D eigenvalue weighted by molar-refractivity contribution is 7.88. The van der Waals surface area contributed by atoms with Gasteiger partial charge in [0.25, 0.3) is 0 Å². The third kappa shape index (κ3) is 7.40. The summed E-state index contributed by atoms with van der Waals surface area (Å²) >= 11 is 0. The van der Waals surface area contributed by atoms with Crippen LogP contribution in [0, 0.1) is 5.41 Å². The number of carbonyl (C=O) groups excluding carboxylic acids is 1. The summed E-state index contributed by atoms with van der Waals surface area (Å²) in [4.78, 5) is 24.7. The normalized spacial score (nSPS) is 13.1. The minimum atomic E-state index is -3.54. The van der Waals surface area contributed by atoms with Crippen molar-refractivity contribution in [3.63, 3.8) is 0 Å². The summed E-state index contributed by atoms with van der Waals surface area (Å²) in [5.74, 6) is -0.989. The van der Waals surface area contributed by atoms with Crippen LogP contribution in [0.4, 0.5) is 0 Å². The number of carboxylic acid groups (broad SMARTS) is 1. The summed E-state index contributed by atoms with van der Waals surface area (Å²) in [7, 11) is -1.94. The van der Waals surface area contributed by atoms with E-state index in [-0.39, 0.29) is 12.5 Å². The number of sulfonamides is 1. The molecule has 0 heterocycles. The summed E-state index contributed by atoms with van der Waals surface area (Å²) in [6, 6.07) is 5.79. The van der Waals surface area contributed by atoms with E-state index in [2.05, 4.69) is 4.72 Å². The predicted octanol–water partition coefficient (Wildman–Crippen LogP) is 1.07. The van der Waals surface area contributed by atoms with Crippen LogP contribution in [-0.2, 0) is 26.2 Å². The standard InChI is InChI=1S/C17H26N2O6S/c1-17(2,3)15(18-26(5,23)24)16(22)19(4)10-12-6-8-13(9-7-12)25-11-14(20)21/h6-9,15,18H,10-11H2,1-5H3,(H,20,21). The first-order valence-electron chi connectivity index (χ1n) is 7.95. The van der Waals surface area contributed by atoms with Gasteiger partial charge in [0.05, 0.1) is 6.26 Å². The fraction of sp³-hybridized carbons (Fsp3) is 0.529. The molecule has 1 atom stereocenters. The van der Waals surface area contributed by atoms with Gasteiger partial charge in [0, 0.05) is 13.6 Å². The van der Waals surface area contributed by atoms with E-state index < -0.39 is 34.1 Å². The summed E-state index contributed by atoms with van der Waals surface area (Å²) in [5.41, 5.74) is 0.207. The Morgan fingerprint density at radius 3 is 2.19 bits per heavy atom. The molecule has 0 aliphatic heterocycles. The highest BCUT2D eigenvalue weighted by Gasteiger charge is 2.35. The van der Waals surface area contributed by atoms with E-state index in [1.165, 1.54) is 4.90 Å². The van der Waals surface area contributed by atoms with Gasteiger partial charge in [-0.25, -0.2) is 17.9 Å². The van der Waals surface area contributed by atoms with Crippen LogP contribution in [-0.4, -0.2) is 56.3 Å². The van der Waals surface area contributed by atoms with E-state index in [1.54, 1.807) is 52.1 Å². The van der Waals surface area contributed by atoms with Gasteiger partial charge in [-0.15, -0.1) is 0 Å². The number of rotatable bonds is 8. The molecule has 1 aromatic rings.